The Morgan fingerprint density at radius 3 is 2.37 bits per heavy atom. The number of aryl methyl sites for hydroxylation is 1. The van der Waals surface area contributed by atoms with Crippen LogP contribution in [0.3, 0.4) is 0 Å². The van der Waals surface area contributed by atoms with Crippen molar-refractivity contribution in [2.75, 3.05) is 12.4 Å². The van der Waals surface area contributed by atoms with Gasteiger partial charge in [-0.3, -0.25) is 9.59 Å². The first-order chi connectivity index (χ1) is 12.9. The van der Waals surface area contributed by atoms with Crippen LogP contribution in [0.5, 0.6) is 0 Å². The minimum absolute atomic E-state index is 0.0891. The van der Waals surface area contributed by atoms with Crippen LogP contribution in [0.25, 0.3) is 10.6 Å². The molecule has 27 heavy (non-hydrogen) atoms. The number of nitrogens with one attached hydrogen (secondary N) is 1. The maximum absolute atomic E-state index is 12.8. The van der Waals surface area contributed by atoms with Crippen LogP contribution in [0, 0.1) is 6.92 Å². The molecule has 3 rings (SSSR count). The van der Waals surface area contributed by atoms with Gasteiger partial charge in [-0.2, -0.15) is 0 Å². The fourth-order valence-electron chi connectivity index (χ4n) is 2.73. The number of thiazole rings is 1. The van der Waals surface area contributed by atoms with Crippen LogP contribution in [0.15, 0.2) is 54.6 Å². The van der Waals surface area contributed by atoms with Crippen molar-refractivity contribution in [2.45, 2.75) is 20.4 Å². The van der Waals surface area contributed by atoms with Gasteiger partial charge in [0, 0.05) is 36.6 Å². The zero-order chi connectivity index (χ0) is 19.4. The maximum atomic E-state index is 12.8. The smallest absolute Gasteiger partial charge is 0.273 e. The summed E-state index contributed by atoms with van der Waals surface area (Å²) in [5.41, 5.74) is 3.22. The van der Waals surface area contributed by atoms with Crippen LogP contribution in [-0.4, -0.2) is 28.7 Å². The monoisotopic (exact) mass is 379 g/mol. The lowest BCUT2D eigenvalue weighted by Crippen LogP contribution is -2.27. The molecular formula is C21H21N3O2S. The second-order valence-electron chi connectivity index (χ2n) is 6.33. The number of carbonyl (C=O) groups is 2. The maximum Gasteiger partial charge on any atom is 0.273 e. The average Bonchev–Trinajstić information content (AvgIpc) is 3.03. The summed E-state index contributed by atoms with van der Waals surface area (Å²) < 4.78 is 0. The van der Waals surface area contributed by atoms with Gasteiger partial charge in [-0.15, -0.1) is 11.3 Å². The highest BCUT2D eigenvalue weighted by atomic mass is 32.1. The molecule has 0 aliphatic carbocycles. The van der Waals surface area contributed by atoms with Crippen LogP contribution in [0.4, 0.5) is 5.69 Å². The van der Waals surface area contributed by atoms with Gasteiger partial charge in [0.15, 0.2) is 0 Å². The number of rotatable bonds is 5. The summed E-state index contributed by atoms with van der Waals surface area (Å²) in [7, 11) is 1.79. The molecular weight excluding hydrogens is 358 g/mol. The van der Waals surface area contributed by atoms with Crippen LogP contribution in [-0.2, 0) is 11.3 Å². The molecule has 0 atom stereocenters. The van der Waals surface area contributed by atoms with Crippen molar-refractivity contribution >= 4 is 28.8 Å². The van der Waals surface area contributed by atoms with Crippen molar-refractivity contribution in [1.29, 1.82) is 0 Å². The molecule has 0 saturated carbocycles. The molecule has 1 N–H and O–H groups in total. The molecule has 0 aliphatic rings. The van der Waals surface area contributed by atoms with E-state index in [0.717, 1.165) is 26.7 Å². The third kappa shape index (κ3) is 4.60. The molecule has 0 aliphatic heterocycles. The first kappa shape index (κ1) is 18.8. The van der Waals surface area contributed by atoms with Crippen molar-refractivity contribution in [3.63, 3.8) is 0 Å². The lowest BCUT2D eigenvalue weighted by Gasteiger charge is -2.16. The standard InChI is InChI=1S/C21H21N3O2S/c1-14-19(21(26)24(3)13-16-7-5-4-6-8-16)23-20(27-14)17-9-11-18(12-10-17)22-15(2)25/h4-12H,13H2,1-3H3,(H,22,25). The number of amides is 2. The molecule has 3 aromatic rings. The largest absolute Gasteiger partial charge is 0.336 e. The van der Waals surface area contributed by atoms with E-state index in [1.807, 2.05) is 61.5 Å². The molecule has 6 heteroatoms. The number of carbonyl (C=O) groups excluding carboxylic acids is 2. The highest BCUT2D eigenvalue weighted by Gasteiger charge is 2.20. The Morgan fingerprint density at radius 1 is 1.07 bits per heavy atom. The molecule has 0 saturated heterocycles. The van der Waals surface area contributed by atoms with E-state index >= 15 is 0 Å². The Bertz CT molecular complexity index is 949. The Hall–Kier alpha value is -2.99. The summed E-state index contributed by atoms with van der Waals surface area (Å²) in [6.45, 7) is 3.93. The molecule has 0 spiro atoms. The van der Waals surface area contributed by atoms with Gasteiger partial charge in [0.1, 0.15) is 10.7 Å². The fraction of sp³-hybridized carbons (Fsp3) is 0.190. The van der Waals surface area contributed by atoms with Crippen LogP contribution in [0.1, 0.15) is 27.9 Å². The molecule has 0 bridgehead atoms. The van der Waals surface area contributed by atoms with Gasteiger partial charge < -0.3 is 10.2 Å². The highest BCUT2D eigenvalue weighted by molar-refractivity contribution is 7.15. The second-order valence-corrected chi connectivity index (χ2v) is 7.53. The predicted molar refractivity (Wildman–Crippen MR) is 109 cm³/mol. The van der Waals surface area contributed by atoms with Gasteiger partial charge >= 0.3 is 0 Å². The number of benzene rings is 2. The summed E-state index contributed by atoms with van der Waals surface area (Å²) in [4.78, 5) is 31.1. The number of hydrogen-bond acceptors (Lipinski definition) is 4. The molecule has 0 fully saturated rings. The first-order valence-corrected chi connectivity index (χ1v) is 9.40. The summed E-state index contributed by atoms with van der Waals surface area (Å²) in [5, 5.41) is 3.53. The van der Waals surface area contributed by atoms with Crippen LogP contribution >= 0.6 is 11.3 Å². The molecule has 138 valence electrons. The van der Waals surface area contributed by atoms with E-state index in [4.69, 9.17) is 0 Å². The van der Waals surface area contributed by atoms with Crippen molar-refractivity contribution in [3.8, 4) is 10.6 Å². The molecule has 1 aromatic heterocycles. The van der Waals surface area contributed by atoms with Crippen LogP contribution in [0.2, 0.25) is 0 Å². The van der Waals surface area contributed by atoms with Gasteiger partial charge in [-0.1, -0.05) is 30.3 Å². The van der Waals surface area contributed by atoms with E-state index in [0.29, 0.717) is 12.2 Å². The Labute approximate surface area is 162 Å². The average molecular weight is 379 g/mol. The van der Waals surface area contributed by atoms with Gasteiger partial charge in [0.05, 0.1) is 0 Å². The molecule has 2 aromatic carbocycles. The van der Waals surface area contributed by atoms with Crippen LogP contribution < -0.4 is 5.32 Å². The minimum Gasteiger partial charge on any atom is -0.336 e. The summed E-state index contributed by atoms with van der Waals surface area (Å²) >= 11 is 1.49. The third-order valence-corrected chi connectivity index (χ3v) is 5.08. The lowest BCUT2D eigenvalue weighted by molar-refractivity contribution is -0.114. The zero-order valence-electron chi connectivity index (χ0n) is 15.5. The molecule has 1 heterocycles. The Balaban J connectivity index is 1.77. The Kier molecular flexibility index (Phi) is 5.66. The first-order valence-electron chi connectivity index (χ1n) is 8.59. The molecule has 5 nitrogen and oxygen atoms in total. The third-order valence-electron chi connectivity index (χ3n) is 4.06. The lowest BCUT2D eigenvalue weighted by atomic mass is 10.2. The summed E-state index contributed by atoms with van der Waals surface area (Å²) in [5.74, 6) is -0.198. The van der Waals surface area contributed by atoms with Gasteiger partial charge in [0.2, 0.25) is 5.91 Å². The molecule has 0 radical (unpaired) electrons. The van der Waals surface area contributed by atoms with Gasteiger partial charge in [-0.25, -0.2) is 4.98 Å². The Morgan fingerprint density at radius 2 is 1.74 bits per heavy atom. The van der Waals surface area contributed by atoms with E-state index in [1.165, 1.54) is 18.3 Å². The number of hydrogen-bond donors (Lipinski definition) is 1. The van der Waals surface area contributed by atoms with Gasteiger partial charge in [-0.05, 0) is 36.8 Å². The minimum atomic E-state index is -0.109. The number of nitrogens with zero attached hydrogens (tertiary/aromatic N) is 2. The normalized spacial score (nSPS) is 10.5. The highest BCUT2D eigenvalue weighted by Crippen LogP contribution is 2.29. The zero-order valence-corrected chi connectivity index (χ0v) is 16.3. The number of aromatic nitrogens is 1. The summed E-state index contributed by atoms with van der Waals surface area (Å²) in [6.07, 6.45) is 0. The SMILES string of the molecule is CC(=O)Nc1ccc(-c2nc(C(=O)N(C)Cc3ccccc3)c(C)s2)cc1. The van der Waals surface area contributed by atoms with E-state index in [1.54, 1.807) is 11.9 Å². The van der Waals surface area contributed by atoms with Gasteiger partial charge in [0.25, 0.3) is 5.91 Å². The number of anilines is 1. The van der Waals surface area contributed by atoms with E-state index in [-0.39, 0.29) is 11.8 Å². The predicted octanol–water partition coefficient (Wildman–Crippen LogP) is 4.35. The molecule has 2 amide bonds. The topological polar surface area (TPSA) is 62.3 Å². The quantitative estimate of drug-likeness (QED) is 0.717. The fourth-order valence-corrected chi connectivity index (χ4v) is 3.64. The second kappa shape index (κ2) is 8.14. The van der Waals surface area contributed by atoms with E-state index in [2.05, 4.69) is 10.3 Å². The van der Waals surface area contributed by atoms with E-state index < -0.39 is 0 Å². The molecule has 0 unspecified atom stereocenters. The van der Waals surface area contributed by atoms with Crippen molar-refractivity contribution in [1.82, 2.24) is 9.88 Å². The van der Waals surface area contributed by atoms with Crippen molar-refractivity contribution in [3.05, 3.63) is 70.7 Å². The van der Waals surface area contributed by atoms with Crippen molar-refractivity contribution < 1.29 is 9.59 Å². The van der Waals surface area contributed by atoms with Crippen molar-refractivity contribution in [2.24, 2.45) is 0 Å². The summed E-state index contributed by atoms with van der Waals surface area (Å²) in [6, 6.07) is 17.3. The van der Waals surface area contributed by atoms with E-state index in [9.17, 15) is 9.59 Å².